The zero-order valence-corrected chi connectivity index (χ0v) is 9.28. The van der Waals surface area contributed by atoms with Crippen molar-refractivity contribution in [2.75, 3.05) is 19.6 Å². The molecule has 78 valence electrons. The Kier molecular flexibility index (Phi) is 3.61. The van der Waals surface area contributed by atoms with Gasteiger partial charge in [-0.05, 0) is 37.6 Å². The maximum absolute atomic E-state index is 5.92. The smallest absolute Gasteiger partial charge is 0.0168 e. The van der Waals surface area contributed by atoms with Gasteiger partial charge in [-0.1, -0.05) is 6.92 Å². The van der Waals surface area contributed by atoms with Crippen molar-refractivity contribution in [1.29, 1.82) is 0 Å². The molecule has 1 saturated carbocycles. The zero-order chi connectivity index (χ0) is 8.60. The molecule has 0 amide bonds. The molecule has 1 aliphatic heterocycles. The quantitative estimate of drug-likeness (QED) is 0.741. The van der Waals surface area contributed by atoms with E-state index in [1.165, 1.54) is 38.8 Å². The molecule has 1 atom stereocenters. The molecule has 0 aromatic carbocycles. The molecule has 0 spiro atoms. The summed E-state index contributed by atoms with van der Waals surface area (Å²) in [5.74, 6) is 0. The molecule has 2 fully saturated rings. The Bertz CT molecular complexity index is 168. The largest absolute Gasteiger partial charge is 0.327 e. The van der Waals surface area contributed by atoms with Crippen molar-refractivity contribution in [3.8, 4) is 0 Å². The number of rotatable bonds is 2. The number of nitrogens with two attached hydrogens (primary N) is 1. The minimum Gasteiger partial charge on any atom is -0.327 e. The molecule has 0 bridgehead atoms. The summed E-state index contributed by atoms with van der Waals surface area (Å²) in [5, 5.41) is 0. The summed E-state index contributed by atoms with van der Waals surface area (Å²) in [5.41, 5.74) is 6.59. The first-order chi connectivity index (χ1) is 5.68. The van der Waals surface area contributed by atoms with Crippen LogP contribution in [0.4, 0.5) is 0 Å². The van der Waals surface area contributed by atoms with E-state index in [1.54, 1.807) is 0 Å². The molecule has 0 unspecified atom stereocenters. The zero-order valence-electron chi connectivity index (χ0n) is 8.46. The van der Waals surface area contributed by atoms with Gasteiger partial charge in [-0.2, -0.15) is 0 Å². The number of likely N-dealkylation sites (tertiary alicyclic amines) is 1. The molecule has 2 N–H and O–H groups in total. The van der Waals surface area contributed by atoms with Crippen molar-refractivity contribution in [2.45, 2.75) is 38.6 Å². The van der Waals surface area contributed by atoms with Gasteiger partial charge < -0.3 is 10.6 Å². The van der Waals surface area contributed by atoms with Crippen molar-refractivity contribution >= 4 is 12.4 Å². The molecule has 0 radical (unpaired) electrons. The van der Waals surface area contributed by atoms with E-state index in [0.717, 1.165) is 6.54 Å². The molecule has 13 heavy (non-hydrogen) atoms. The van der Waals surface area contributed by atoms with Gasteiger partial charge in [0.2, 0.25) is 0 Å². The molecule has 2 aliphatic rings. The van der Waals surface area contributed by atoms with E-state index in [-0.39, 0.29) is 12.4 Å². The molecular formula is C10H21ClN2. The molecule has 0 aromatic heterocycles. The first-order valence-corrected chi connectivity index (χ1v) is 5.16. The minimum atomic E-state index is 0. The second-order valence-corrected chi connectivity index (χ2v) is 4.95. The van der Waals surface area contributed by atoms with E-state index in [0.29, 0.717) is 11.5 Å². The van der Waals surface area contributed by atoms with E-state index < -0.39 is 0 Å². The number of hydrogen-bond donors (Lipinski definition) is 1. The van der Waals surface area contributed by atoms with E-state index in [9.17, 15) is 0 Å². The Morgan fingerprint density at radius 3 is 2.69 bits per heavy atom. The normalized spacial score (nSPS) is 32.3. The van der Waals surface area contributed by atoms with Crippen LogP contribution < -0.4 is 5.73 Å². The second kappa shape index (κ2) is 4.16. The maximum atomic E-state index is 5.92. The van der Waals surface area contributed by atoms with E-state index in [4.69, 9.17) is 5.73 Å². The average Bonchev–Trinajstić information content (AvgIpc) is 2.67. The van der Waals surface area contributed by atoms with Gasteiger partial charge in [-0.3, -0.25) is 0 Å². The Labute approximate surface area is 87.3 Å². The third-order valence-corrected chi connectivity index (χ3v) is 3.25. The summed E-state index contributed by atoms with van der Waals surface area (Å²) >= 11 is 0. The van der Waals surface area contributed by atoms with Crippen LogP contribution in [-0.4, -0.2) is 30.6 Å². The third-order valence-electron chi connectivity index (χ3n) is 3.25. The standard InChI is InChI=1S/C10H20N2.ClH/c1-10(4-5-10)8-12-6-2-3-9(11)7-12;/h9H,2-8,11H2,1H3;1H/t9-;/m1./s1. The van der Waals surface area contributed by atoms with Crippen LogP contribution in [0.3, 0.4) is 0 Å². The van der Waals surface area contributed by atoms with Crippen molar-refractivity contribution < 1.29 is 0 Å². The SMILES string of the molecule is CC1(CN2CCC[C@@H](N)C2)CC1.Cl. The molecule has 1 aliphatic carbocycles. The molecule has 1 heterocycles. The third kappa shape index (κ3) is 3.12. The monoisotopic (exact) mass is 204 g/mol. The van der Waals surface area contributed by atoms with Gasteiger partial charge in [0, 0.05) is 19.1 Å². The lowest BCUT2D eigenvalue weighted by Gasteiger charge is -2.32. The molecule has 2 nitrogen and oxygen atoms in total. The number of piperidine rings is 1. The van der Waals surface area contributed by atoms with Crippen molar-refractivity contribution in [1.82, 2.24) is 4.90 Å². The van der Waals surface area contributed by atoms with Crippen molar-refractivity contribution in [3.05, 3.63) is 0 Å². The summed E-state index contributed by atoms with van der Waals surface area (Å²) in [6.45, 7) is 6.10. The average molecular weight is 205 g/mol. The van der Waals surface area contributed by atoms with Gasteiger partial charge in [0.25, 0.3) is 0 Å². The highest BCUT2D eigenvalue weighted by Gasteiger charge is 2.39. The summed E-state index contributed by atoms with van der Waals surface area (Å²) in [6, 6.07) is 0.445. The molecule has 3 heteroatoms. The summed E-state index contributed by atoms with van der Waals surface area (Å²) in [6.07, 6.45) is 5.39. The van der Waals surface area contributed by atoms with Gasteiger partial charge in [0.05, 0.1) is 0 Å². The Hall–Kier alpha value is 0.210. The van der Waals surface area contributed by atoms with Crippen LogP contribution in [0.2, 0.25) is 0 Å². The molecule has 0 aromatic rings. The highest BCUT2D eigenvalue weighted by molar-refractivity contribution is 5.85. The van der Waals surface area contributed by atoms with Crippen LogP contribution in [0.1, 0.15) is 32.6 Å². The molecule has 1 saturated heterocycles. The van der Waals surface area contributed by atoms with Gasteiger partial charge in [-0.25, -0.2) is 0 Å². The Morgan fingerprint density at radius 1 is 1.46 bits per heavy atom. The van der Waals surface area contributed by atoms with Gasteiger partial charge in [0.15, 0.2) is 0 Å². The van der Waals surface area contributed by atoms with Gasteiger partial charge in [-0.15, -0.1) is 12.4 Å². The van der Waals surface area contributed by atoms with Crippen molar-refractivity contribution in [2.24, 2.45) is 11.1 Å². The molecular weight excluding hydrogens is 184 g/mol. The summed E-state index contributed by atoms with van der Waals surface area (Å²) < 4.78 is 0. The predicted octanol–water partition coefficient (Wildman–Crippen LogP) is 1.63. The first kappa shape index (κ1) is 11.3. The number of hydrogen-bond acceptors (Lipinski definition) is 2. The summed E-state index contributed by atoms with van der Waals surface area (Å²) in [4.78, 5) is 2.56. The van der Waals surface area contributed by atoms with Crippen LogP contribution in [0.15, 0.2) is 0 Å². The first-order valence-electron chi connectivity index (χ1n) is 5.16. The van der Waals surface area contributed by atoms with Gasteiger partial charge >= 0.3 is 0 Å². The lowest BCUT2D eigenvalue weighted by molar-refractivity contribution is 0.177. The molecule has 2 rings (SSSR count). The van der Waals surface area contributed by atoms with Crippen LogP contribution >= 0.6 is 12.4 Å². The van der Waals surface area contributed by atoms with Crippen LogP contribution in [-0.2, 0) is 0 Å². The Morgan fingerprint density at radius 2 is 2.15 bits per heavy atom. The fourth-order valence-electron chi connectivity index (χ4n) is 2.15. The minimum absolute atomic E-state index is 0. The maximum Gasteiger partial charge on any atom is 0.0168 e. The Balaban J connectivity index is 0.000000845. The fraction of sp³-hybridized carbons (Fsp3) is 1.00. The predicted molar refractivity (Wildman–Crippen MR) is 58.2 cm³/mol. The highest BCUT2D eigenvalue weighted by atomic mass is 35.5. The van der Waals surface area contributed by atoms with E-state index in [1.807, 2.05) is 0 Å². The van der Waals surface area contributed by atoms with Gasteiger partial charge in [0.1, 0.15) is 0 Å². The lowest BCUT2D eigenvalue weighted by Crippen LogP contribution is -2.44. The fourth-order valence-corrected chi connectivity index (χ4v) is 2.15. The van der Waals surface area contributed by atoms with Crippen LogP contribution in [0, 0.1) is 5.41 Å². The number of nitrogens with zero attached hydrogens (tertiary/aromatic N) is 1. The van der Waals surface area contributed by atoms with E-state index in [2.05, 4.69) is 11.8 Å². The highest BCUT2D eigenvalue weighted by Crippen LogP contribution is 2.45. The van der Waals surface area contributed by atoms with Crippen LogP contribution in [0.25, 0.3) is 0 Å². The van der Waals surface area contributed by atoms with Crippen LogP contribution in [0.5, 0.6) is 0 Å². The second-order valence-electron chi connectivity index (χ2n) is 4.95. The summed E-state index contributed by atoms with van der Waals surface area (Å²) in [7, 11) is 0. The van der Waals surface area contributed by atoms with E-state index >= 15 is 0 Å². The topological polar surface area (TPSA) is 29.3 Å². The number of halogens is 1. The lowest BCUT2D eigenvalue weighted by atomic mass is 10.0. The van der Waals surface area contributed by atoms with Crippen molar-refractivity contribution in [3.63, 3.8) is 0 Å².